The second-order valence-corrected chi connectivity index (χ2v) is 4.76. The molecule has 0 saturated heterocycles. The molecule has 0 amide bonds. The van der Waals surface area contributed by atoms with Gasteiger partial charge in [-0.05, 0) is 29.3 Å². The maximum Gasteiger partial charge on any atom is 0.225 e. The molecule has 0 aliphatic rings. The fourth-order valence-corrected chi connectivity index (χ4v) is 2.24. The van der Waals surface area contributed by atoms with Crippen LogP contribution in [-0.4, -0.2) is 30.9 Å². The summed E-state index contributed by atoms with van der Waals surface area (Å²) in [7, 11) is 2.00. The van der Waals surface area contributed by atoms with E-state index >= 15 is 0 Å². The van der Waals surface area contributed by atoms with Gasteiger partial charge in [-0.1, -0.05) is 15.7 Å². The van der Waals surface area contributed by atoms with Crippen molar-refractivity contribution >= 4 is 27.7 Å². The maximum absolute atomic E-state index is 4.35. The van der Waals surface area contributed by atoms with Crippen LogP contribution in [0.1, 0.15) is 5.56 Å². The van der Waals surface area contributed by atoms with Gasteiger partial charge in [-0.3, -0.25) is 0 Å². The molecule has 7 heteroatoms. The molecule has 0 unspecified atom stereocenters. The maximum atomic E-state index is 4.35. The predicted octanol–water partition coefficient (Wildman–Crippen LogP) is 1.47. The van der Waals surface area contributed by atoms with E-state index in [0.29, 0.717) is 0 Å². The third kappa shape index (κ3) is 2.17. The molecule has 0 radical (unpaired) electrons. The van der Waals surface area contributed by atoms with Crippen molar-refractivity contribution in [1.82, 2.24) is 24.4 Å². The van der Waals surface area contributed by atoms with Gasteiger partial charge >= 0.3 is 0 Å². The molecule has 1 N–H and O–H groups in total. The number of nitrogens with zero attached hydrogens (tertiary/aromatic N) is 5. The molecule has 2 heterocycles. The number of aromatic nitrogens is 5. The van der Waals surface area contributed by atoms with E-state index in [4.69, 9.17) is 0 Å². The number of benzene rings is 1. The molecule has 0 bridgehead atoms. The van der Waals surface area contributed by atoms with Gasteiger partial charge in [0.1, 0.15) is 0 Å². The lowest BCUT2D eigenvalue weighted by molar-refractivity contribution is 0.941. The largest absolute Gasteiger partial charge is 0.359 e. The molecular formula is C11H12N6S. The Kier molecular flexibility index (Phi) is 2.89. The summed E-state index contributed by atoms with van der Waals surface area (Å²) in [4.78, 5) is 4.35. The number of hydrogen-bond acceptors (Lipinski definition) is 6. The highest BCUT2D eigenvalue weighted by atomic mass is 32.1. The third-order valence-corrected chi connectivity index (χ3v) is 3.33. The van der Waals surface area contributed by atoms with Crippen LogP contribution in [0.4, 0.5) is 5.13 Å². The van der Waals surface area contributed by atoms with E-state index in [0.717, 1.165) is 29.1 Å². The Morgan fingerprint density at radius 2 is 2.33 bits per heavy atom. The predicted molar refractivity (Wildman–Crippen MR) is 70.6 cm³/mol. The molecule has 0 fully saturated rings. The summed E-state index contributed by atoms with van der Waals surface area (Å²) in [5.74, 6) is 0. The lowest BCUT2D eigenvalue weighted by Crippen LogP contribution is -2.04. The highest BCUT2D eigenvalue weighted by molar-refractivity contribution is 7.09. The van der Waals surface area contributed by atoms with Gasteiger partial charge in [-0.15, -0.1) is 0 Å². The van der Waals surface area contributed by atoms with Crippen molar-refractivity contribution in [2.24, 2.45) is 7.05 Å². The van der Waals surface area contributed by atoms with Crippen LogP contribution in [0.3, 0.4) is 0 Å². The average molecular weight is 260 g/mol. The van der Waals surface area contributed by atoms with Crippen LogP contribution < -0.4 is 5.32 Å². The minimum atomic E-state index is 0.758. The van der Waals surface area contributed by atoms with Crippen LogP contribution >= 0.6 is 11.5 Å². The second kappa shape index (κ2) is 4.69. The van der Waals surface area contributed by atoms with E-state index in [1.807, 2.05) is 17.9 Å². The Morgan fingerprint density at radius 1 is 1.39 bits per heavy atom. The van der Waals surface area contributed by atoms with E-state index in [1.54, 1.807) is 0 Å². The van der Waals surface area contributed by atoms with Crippen molar-refractivity contribution < 1.29 is 0 Å². The van der Waals surface area contributed by atoms with Gasteiger partial charge in [0, 0.05) is 25.1 Å². The highest BCUT2D eigenvalue weighted by Crippen LogP contribution is 2.14. The standard InChI is InChI=1S/C11H12N6S/c1-17-7-13-9-6-8(2-3-10(9)17)4-5-12-11-14-15-16-18-11/h2-3,6-7H,4-5H2,1H3,(H,12,14,16). The van der Waals surface area contributed by atoms with E-state index in [9.17, 15) is 0 Å². The van der Waals surface area contributed by atoms with Gasteiger partial charge in [0.15, 0.2) is 0 Å². The van der Waals surface area contributed by atoms with Crippen molar-refractivity contribution in [2.45, 2.75) is 6.42 Å². The van der Waals surface area contributed by atoms with Gasteiger partial charge in [-0.2, -0.15) is 0 Å². The first-order chi connectivity index (χ1) is 8.83. The number of fused-ring (bicyclic) bond motifs is 1. The van der Waals surface area contributed by atoms with Crippen LogP contribution in [0.2, 0.25) is 0 Å². The lowest BCUT2D eigenvalue weighted by atomic mass is 10.1. The third-order valence-electron chi connectivity index (χ3n) is 2.78. The summed E-state index contributed by atoms with van der Waals surface area (Å²) in [6.07, 6.45) is 2.76. The molecule has 0 aliphatic heterocycles. The topological polar surface area (TPSA) is 68.5 Å². The van der Waals surface area contributed by atoms with Gasteiger partial charge in [0.2, 0.25) is 5.13 Å². The minimum absolute atomic E-state index is 0.758. The van der Waals surface area contributed by atoms with Crippen molar-refractivity contribution in [2.75, 3.05) is 11.9 Å². The van der Waals surface area contributed by atoms with Gasteiger partial charge in [0.05, 0.1) is 17.4 Å². The Bertz CT molecular complexity index is 645. The van der Waals surface area contributed by atoms with Gasteiger partial charge in [0.25, 0.3) is 0 Å². The molecule has 18 heavy (non-hydrogen) atoms. The first-order valence-corrected chi connectivity index (χ1v) is 6.39. The van der Waals surface area contributed by atoms with E-state index in [-0.39, 0.29) is 0 Å². The molecule has 0 atom stereocenters. The number of aryl methyl sites for hydroxylation is 1. The second-order valence-electron chi connectivity index (χ2n) is 4.02. The first-order valence-electron chi connectivity index (χ1n) is 5.62. The van der Waals surface area contributed by atoms with Crippen molar-refractivity contribution in [1.29, 1.82) is 0 Å². The average Bonchev–Trinajstić information content (AvgIpc) is 3.00. The van der Waals surface area contributed by atoms with Crippen molar-refractivity contribution in [3.63, 3.8) is 0 Å². The fraction of sp³-hybridized carbons (Fsp3) is 0.273. The molecule has 0 aliphatic carbocycles. The smallest absolute Gasteiger partial charge is 0.225 e. The van der Waals surface area contributed by atoms with Crippen LogP contribution in [0.25, 0.3) is 11.0 Å². The monoisotopic (exact) mass is 260 g/mol. The summed E-state index contributed by atoms with van der Waals surface area (Å²) in [6, 6.07) is 6.35. The number of anilines is 1. The summed E-state index contributed by atoms with van der Waals surface area (Å²) in [5, 5.41) is 11.3. The lowest BCUT2D eigenvalue weighted by Gasteiger charge is -2.02. The molecule has 3 rings (SSSR count). The summed E-state index contributed by atoms with van der Waals surface area (Å²) in [5.41, 5.74) is 3.44. The summed E-state index contributed by atoms with van der Waals surface area (Å²) in [6.45, 7) is 0.815. The van der Waals surface area contributed by atoms with Crippen LogP contribution in [0.5, 0.6) is 0 Å². The van der Waals surface area contributed by atoms with E-state index < -0.39 is 0 Å². The van der Waals surface area contributed by atoms with Crippen LogP contribution in [0, 0.1) is 0 Å². The molecule has 2 aromatic heterocycles. The van der Waals surface area contributed by atoms with Crippen LogP contribution in [-0.2, 0) is 13.5 Å². The number of hydrogen-bond donors (Lipinski definition) is 1. The minimum Gasteiger partial charge on any atom is -0.359 e. The molecule has 3 aromatic rings. The summed E-state index contributed by atoms with van der Waals surface area (Å²) < 4.78 is 5.71. The van der Waals surface area contributed by atoms with Crippen molar-refractivity contribution in [3.05, 3.63) is 30.1 Å². The normalized spacial score (nSPS) is 10.9. The Balaban J connectivity index is 1.67. The quantitative estimate of drug-likeness (QED) is 0.769. The molecule has 92 valence electrons. The molecule has 0 saturated carbocycles. The van der Waals surface area contributed by atoms with Crippen LogP contribution in [0.15, 0.2) is 24.5 Å². The van der Waals surface area contributed by atoms with E-state index in [1.165, 1.54) is 17.1 Å². The van der Waals surface area contributed by atoms with E-state index in [2.05, 4.69) is 43.3 Å². The Hall–Kier alpha value is -2.02. The zero-order chi connectivity index (χ0) is 12.4. The zero-order valence-corrected chi connectivity index (χ0v) is 10.7. The highest BCUT2D eigenvalue weighted by Gasteiger charge is 2.02. The summed E-state index contributed by atoms with van der Waals surface area (Å²) >= 11 is 1.26. The zero-order valence-electron chi connectivity index (χ0n) is 9.87. The molecule has 0 spiro atoms. The molecule has 6 nitrogen and oxygen atoms in total. The first kappa shape index (κ1) is 11.1. The Morgan fingerprint density at radius 3 is 3.17 bits per heavy atom. The Labute approximate surface area is 108 Å². The fourth-order valence-electron chi connectivity index (χ4n) is 1.85. The van der Waals surface area contributed by atoms with Gasteiger partial charge in [-0.25, -0.2) is 4.98 Å². The number of imidazole rings is 1. The number of rotatable bonds is 4. The SMILES string of the molecule is Cn1cnc2cc(CCNc3nnns3)ccc21. The number of nitrogens with one attached hydrogen (secondary N) is 1. The molecular weight excluding hydrogens is 248 g/mol. The van der Waals surface area contributed by atoms with Crippen molar-refractivity contribution in [3.8, 4) is 0 Å². The van der Waals surface area contributed by atoms with Gasteiger partial charge < -0.3 is 9.88 Å². The molecule has 1 aromatic carbocycles.